The van der Waals surface area contributed by atoms with Crippen LogP contribution in [0.3, 0.4) is 0 Å². The van der Waals surface area contributed by atoms with Crippen molar-refractivity contribution in [2.45, 2.75) is 39.7 Å². The molecule has 0 unspecified atom stereocenters. The van der Waals surface area contributed by atoms with E-state index in [1.165, 1.54) is 5.69 Å². The van der Waals surface area contributed by atoms with Gasteiger partial charge in [0.05, 0.1) is 11.2 Å². The largest absolute Gasteiger partial charge is 0.330 e. The fourth-order valence-electron chi connectivity index (χ4n) is 1.49. The van der Waals surface area contributed by atoms with Gasteiger partial charge in [0.1, 0.15) is 0 Å². The molecule has 1 aromatic rings. The minimum atomic E-state index is 0.0664. The van der Waals surface area contributed by atoms with Gasteiger partial charge in [-0.1, -0.05) is 0 Å². The Morgan fingerprint density at radius 2 is 2.08 bits per heavy atom. The first-order chi connectivity index (χ1) is 5.95. The van der Waals surface area contributed by atoms with Gasteiger partial charge in [-0.15, -0.1) is 0 Å². The minimum absolute atomic E-state index is 0.0664. The summed E-state index contributed by atoms with van der Waals surface area (Å²) >= 11 is 0. The van der Waals surface area contributed by atoms with Crippen molar-refractivity contribution in [3.05, 3.63) is 17.5 Å². The Morgan fingerprint density at radius 3 is 2.46 bits per heavy atom. The summed E-state index contributed by atoms with van der Waals surface area (Å²) < 4.78 is 2.05. The van der Waals surface area contributed by atoms with E-state index < -0.39 is 0 Å². The zero-order valence-corrected chi connectivity index (χ0v) is 8.96. The molecule has 3 heteroatoms. The van der Waals surface area contributed by atoms with Crippen LogP contribution in [-0.4, -0.2) is 16.3 Å². The number of hydrogen-bond donors (Lipinski definition) is 1. The molecule has 0 amide bonds. The van der Waals surface area contributed by atoms with Gasteiger partial charge in [-0.3, -0.25) is 4.68 Å². The number of nitrogens with two attached hydrogens (primary N) is 1. The van der Waals surface area contributed by atoms with E-state index in [0.29, 0.717) is 6.54 Å². The third-order valence-electron chi connectivity index (χ3n) is 1.97. The van der Waals surface area contributed by atoms with Gasteiger partial charge in [0, 0.05) is 12.1 Å². The van der Waals surface area contributed by atoms with Gasteiger partial charge in [-0.25, -0.2) is 0 Å². The van der Waals surface area contributed by atoms with E-state index in [2.05, 4.69) is 43.5 Å². The van der Waals surface area contributed by atoms with Crippen LogP contribution in [0.5, 0.6) is 0 Å². The first-order valence-corrected chi connectivity index (χ1v) is 4.71. The van der Waals surface area contributed by atoms with Gasteiger partial charge in [0.2, 0.25) is 0 Å². The van der Waals surface area contributed by atoms with Gasteiger partial charge in [-0.2, -0.15) is 5.10 Å². The summed E-state index contributed by atoms with van der Waals surface area (Å²) in [5.74, 6) is 0. The third-order valence-corrected chi connectivity index (χ3v) is 1.97. The maximum atomic E-state index is 5.48. The van der Waals surface area contributed by atoms with Crippen LogP contribution in [0.4, 0.5) is 0 Å². The minimum Gasteiger partial charge on any atom is -0.330 e. The molecule has 1 rings (SSSR count). The summed E-state index contributed by atoms with van der Waals surface area (Å²) in [5.41, 5.74) is 7.84. The zero-order chi connectivity index (χ0) is 10.1. The number of rotatable bonds is 2. The lowest BCUT2D eigenvalue weighted by molar-refractivity contribution is 0.346. The predicted octanol–water partition coefficient (Wildman–Crippen LogP) is 1.45. The summed E-state index contributed by atoms with van der Waals surface area (Å²) in [6.45, 7) is 9.20. The highest BCUT2D eigenvalue weighted by Crippen LogP contribution is 2.16. The maximum Gasteiger partial charge on any atom is 0.0640 e. The molecule has 0 atom stereocenters. The standard InChI is InChI=1S/C10H19N3/c1-8-7-9(5-6-11)12-13(8)10(2,3)4/h7H,5-6,11H2,1-4H3. The monoisotopic (exact) mass is 181 g/mol. The molecule has 0 aliphatic rings. The van der Waals surface area contributed by atoms with Crippen LogP contribution < -0.4 is 5.73 Å². The van der Waals surface area contributed by atoms with Crippen LogP contribution >= 0.6 is 0 Å². The van der Waals surface area contributed by atoms with E-state index >= 15 is 0 Å². The van der Waals surface area contributed by atoms with Gasteiger partial charge >= 0.3 is 0 Å². The number of aromatic nitrogens is 2. The fourth-order valence-corrected chi connectivity index (χ4v) is 1.49. The van der Waals surface area contributed by atoms with Gasteiger partial charge in [0.15, 0.2) is 0 Å². The van der Waals surface area contributed by atoms with E-state index in [9.17, 15) is 0 Å². The average Bonchev–Trinajstić information content (AvgIpc) is 2.30. The molecule has 1 heterocycles. The predicted molar refractivity (Wildman–Crippen MR) is 54.7 cm³/mol. The van der Waals surface area contributed by atoms with Crippen LogP contribution in [0, 0.1) is 6.92 Å². The van der Waals surface area contributed by atoms with E-state index in [4.69, 9.17) is 5.73 Å². The molecule has 0 aliphatic carbocycles. The molecule has 0 radical (unpaired) electrons. The molecule has 0 fully saturated rings. The third kappa shape index (κ3) is 2.31. The Balaban J connectivity index is 2.96. The lowest BCUT2D eigenvalue weighted by Crippen LogP contribution is -2.24. The quantitative estimate of drug-likeness (QED) is 0.750. The van der Waals surface area contributed by atoms with E-state index in [-0.39, 0.29) is 5.54 Å². The summed E-state index contributed by atoms with van der Waals surface area (Å²) in [4.78, 5) is 0. The number of hydrogen-bond acceptors (Lipinski definition) is 2. The molecule has 0 saturated carbocycles. The van der Waals surface area contributed by atoms with Crippen LogP contribution in [0.15, 0.2) is 6.07 Å². The molecule has 0 aromatic carbocycles. The highest BCUT2D eigenvalue weighted by atomic mass is 15.3. The molecule has 1 aromatic heterocycles. The fraction of sp³-hybridized carbons (Fsp3) is 0.700. The zero-order valence-electron chi connectivity index (χ0n) is 8.96. The molecular weight excluding hydrogens is 162 g/mol. The summed E-state index contributed by atoms with van der Waals surface area (Å²) in [7, 11) is 0. The van der Waals surface area contributed by atoms with Crippen LogP contribution in [0.2, 0.25) is 0 Å². The lowest BCUT2D eigenvalue weighted by atomic mass is 10.1. The second-order valence-electron chi connectivity index (χ2n) is 4.40. The Kier molecular flexibility index (Phi) is 2.76. The van der Waals surface area contributed by atoms with Crippen molar-refractivity contribution in [1.82, 2.24) is 9.78 Å². The Bertz CT molecular complexity index is 281. The van der Waals surface area contributed by atoms with E-state index in [1.807, 2.05) is 0 Å². The number of aryl methyl sites for hydroxylation is 1. The maximum absolute atomic E-state index is 5.48. The lowest BCUT2D eigenvalue weighted by Gasteiger charge is -2.21. The molecule has 3 nitrogen and oxygen atoms in total. The van der Waals surface area contributed by atoms with Crippen LogP contribution in [0.25, 0.3) is 0 Å². The highest BCUT2D eigenvalue weighted by molar-refractivity contribution is 5.10. The smallest absolute Gasteiger partial charge is 0.0640 e. The van der Waals surface area contributed by atoms with Crippen molar-refractivity contribution >= 4 is 0 Å². The molecule has 0 bridgehead atoms. The van der Waals surface area contributed by atoms with Crippen molar-refractivity contribution in [3.63, 3.8) is 0 Å². The van der Waals surface area contributed by atoms with E-state index in [0.717, 1.165) is 12.1 Å². The van der Waals surface area contributed by atoms with Crippen molar-refractivity contribution < 1.29 is 0 Å². The van der Waals surface area contributed by atoms with Crippen molar-refractivity contribution in [3.8, 4) is 0 Å². The van der Waals surface area contributed by atoms with Crippen LogP contribution in [-0.2, 0) is 12.0 Å². The molecule has 74 valence electrons. The van der Waals surface area contributed by atoms with Gasteiger partial charge < -0.3 is 5.73 Å². The van der Waals surface area contributed by atoms with Gasteiger partial charge in [0.25, 0.3) is 0 Å². The first-order valence-electron chi connectivity index (χ1n) is 4.71. The summed E-state index contributed by atoms with van der Waals surface area (Å²) in [6.07, 6.45) is 0.865. The van der Waals surface area contributed by atoms with Gasteiger partial charge in [-0.05, 0) is 40.3 Å². The van der Waals surface area contributed by atoms with Crippen molar-refractivity contribution in [2.75, 3.05) is 6.54 Å². The molecular formula is C10H19N3. The molecule has 0 spiro atoms. The first kappa shape index (κ1) is 10.3. The average molecular weight is 181 g/mol. The summed E-state index contributed by atoms with van der Waals surface area (Å²) in [6, 6.07) is 2.11. The molecule has 0 saturated heterocycles. The molecule has 2 N–H and O–H groups in total. The Labute approximate surface area is 79.9 Å². The Morgan fingerprint density at radius 1 is 1.46 bits per heavy atom. The van der Waals surface area contributed by atoms with Crippen molar-refractivity contribution in [1.29, 1.82) is 0 Å². The molecule has 13 heavy (non-hydrogen) atoms. The normalized spacial score (nSPS) is 12.1. The van der Waals surface area contributed by atoms with Crippen molar-refractivity contribution in [2.24, 2.45) is 5.73 Å². The second-order valence-corrected chi connectivity index (χ2v) is 4.40. The highest BCUT2D eigenvalue weighted by Gasteiger charge is 2.16. The van der Waals surface area contributed by atoms with Crippen LogP contribution in [0.1, 0.15) is 32.2 Å². The topological polar surface area (TPSA) is 43.8 Å². The Hall–Kier alpha value is -0.830. The number of nitrogens with zero attached hydrogens (tertiary/aromatic N) is 2. The van der Waals surface area contributed by atoms with E-state index in [1.54, 1.807) is 0 Å². The summed E-state index contributed by atoms with van der Waals surface area (Å²) in [5, 5.41) is 4.51. The molecule has 0 aliphatic heterocycles. The SMILES string of the molecule is Cc1cc(CCN)nn1C(C)(C)C. The second kappa shape index (κ2) is 3.50.